The lowest BCUT2D eigenvalue weighted by atomic mass is 10.1. The average Bonchev–Trinajstić information content (AvgIpc) is 3.23. The molecular formula is C34H46N22O9. The Morgan fingerprint density at radius 3 is 1.32 bits per heavy atom. The van der Waals surface area contributed by atoms with Crippen molar-refractivity contribution < 1.29 is 43.5 Å². The smallest absolute Gasteiger partial charge is 0.272 e. The summed E-state index contributed by atoms with van der Waals surface area (Å²) in [4.78, 5) is 123. The first-order valence-electron chi connectivity index (χ1n) is 18.2. The molecule has 0 aliphatic heterocycles. The van der Waals surface area contributed by atoms with Crippen LogP contribution in [0.4, 0.5) is 0 Å². The molecule has 65 heavy (non-hydrogen) atoms. The van der Waals surface area contributed by atoms with Crippen molar-refractivity contribution >= 4 is 81.9 Å². The lowest BCUT2D eigenvalue weighted by Gasteiger charge is -2.24. The third kappa shape index (κ3) is 15.5. The number of aliphatic hydroxyl groups is 1. The van der Waals surface area contributed by atoms with E-state index in [1.54, 1.807) is 30.3 Å². The first-order valence-corrected chi connectivity index (χ1v) is 18.2. The van der Waals surface area contributed by atoms with Crippen LogP contribution in [-0.4, -0.2) is 118 Å². The maximum atomic E-state index is 13.8. The van der Waals surface area contributed by atoms with Crippen molar-refractivity contribution in [3.63, 3.8) is 0 Å². The summed E-state index contributed by atoms with van der Waals surface area (Å²) in [6, 6.07) is 14.0. The fourth-order valence-electron chi connectivity index (χ4n) is 5.02. The Bertz CT molecular complexity index is 2400. The van der Waals surface area contributed by atoms with E-state index in [0.717, 1.165) is 0 Å². The van der Waals surface area contributed by atoms with Crippen molar-refractivity contribution in [2.45, 2.75) is 43.1 Å². The Morgan fingerprint density at radius 1 is 0.492 bits per heavy atom. The SMILES string of the molecule is NC(=O)C(N)NC(=O)C(N=C(N)N)NC(=O)C(N=C(N)N)NC(=O)C(N=C(N)N)NC(=O)C(N=C(N)N)NC(=O)C(NC(=O)C(O)NC(=O)c1cc2ccccc2cn1)c1ccccc1. The minimum Gasteiger partial charge on any atom is -0.370 e. The van der Waals surface area contributed by atoms with Gasteiger partial charge in [-0.15, -0.1) is 0 Å². The maximum Gasteiger partial charge on any atom is 0.272 e. The molecule has 28 N–H and O–H groups in total. The van der Waals surface area contributed by atoms with Crippen LogP contribution < -0.4 is 94.6 Å². The lowest BCUT2D eigenvalue weighted by Crippen LogP contribution is -2.60. The normalized spacial score (nSPS) is 13.7. The summed E-state index contributed by atoms with van der Waals surface area (Å²) in [5.74, 6) is -13.4. The zero-order valence-electron chi connectivity index (χ0n) is 33.6. The van der Waals surface area contributed by atoms with Crippen LogP contribution >= 0.6 is 0 Å². The quantitative estimate of drug-likeness (QED) is 0.0284. The number of nitrogens with zero attached hydrogens (tertiary/aromatic N) is 5. The number of aliphatic hydroxyl groups excluding tert-OH is 1. The van der Waals surface area contributed by atoms with Crippen molar-refractivity contribution in [2.75, 3.05) is 0 Å². The van der Waals surface area contributed by atoms with E-state index >= 15 is 0 Å². The molecule has 3 rings (SSSR count). The summed E-state index contributed by atoms with van der Waals surface area (Å²) in [6.07, 6.45) is -11.2. The van der Waals surface area contributed by atoms with Crippen molar-refractivity contribution in [1.29, 1.82) is 0 Å². The Morgan fingerprint density at radius 2 is 0.892 bits per heavy atom. The van der Waals surface area contributed by atoms with Gasteiger partial charge in [0.25, 0.3) is 41.4 Å². The highest BCUT2D eigenvalue weighted by atomic mass is 16.3. The molecule has 0 saturated heterocycles. The maximum absolute atomic E-state index is 13.8. The number of benzene rings is 2. The molecule has 31 nitrogen and oxygen atoms in total. The average molecular weight is 907 g/mol. The molecule has 1 heterocycles. The van der Waals surface area contributed by atoms with Crippen molar-refractivity contribution in [1.82, 2.24) is 42.2 Å². The first-order chi connectivity index (χ1) is 30.6. The van der Waals surface area contributed by atoms with Gasteiger partial charge in [-0.05, 0) is 17.0 Å². The molecule has 7 atom stereocenters. The molecule has 7 unspecified atom stereocenters. The van der Waals surface area contributed by atoms with Crippen LogP contribution in [-0.2, 0) is 33.6 Å². The number of hydrogen-bond donors (Lipinski definition) is 18. The van der Waals surface area contributed by atoms with Gasteiger partial charge in [-0.2, -0.15) is 0 Å². The van der Waals surface area contributed by atoms with E-state index in [-0.39, 0.29) is 11.3 Å². The number of carbonyl (C=O) groups is 8. The number of aromatic nitrogens is 1. The Labute approximate surface area is 365 Å². The molecule has 0 aliphatic carbocycles. The summed E-state index contributed by atoms with van der Waals surface area (Å²) in [5, 5.41) is 26.4. The lowest BCUT2D eigenvalue weighted by molar-refractivity contribution is -0.136. The van der Waals surface area contributed by atoms with Crippen LogP contribution in [0.2, 0.25) is 0 Å². The topological polar surface area (TPSA) is 564 Å². The van der Waals surface area contributed by atoms with E-state index in [2.05, 4.69) is 40.9 Å². The van der Waals surface area contributed by atoms with Gasteiger partial charge in [-0.1, -0.05) is 54.6 Å². The molecule has 2 aromatic carbocycles. The van der Waals surface area contributed by atoms with Gasteiger partial charge in [0.05, 0.1) is 0 Å². The largest absolute Gasteiger partial charge is 0.370 e. The molecule has 346 valence electrons. The third-order valence-corrected chi connectivity index (χ3v) is 7.89. The second kappa shape index (κ2) is 23.0. The number of primary amides is 1. The number of rotatable bonds is 20. The number of fused-ring (bicyclic) bond motifs is 1. The summed E-state index contributed by atoms with van der Waals surface area (Å²) in [5.41, 5.74) is 53.9. The van der Waals surface area contributed by atoms with Crippen molar-refractivity contribution in [3.8, 4) is 0 Å². The zero-order valence-corrected chi connectivity index (χ0v) is 33.6. The van der Waals surface area contributed by atoms with E-state index in [1.165, 1.54) is 36.5 Å². The monoisotopic (exact) mass is 906 g/mol. The van der Waals surface area contributed by atoms with Crippen LogP contribution in [0.25, 0.3) is 10.8 Å². The number of aliphatic imine (C=N–C) groups is 4. The molecule has 0 saturated carbocycles. The fraction of sp³-hybridized carbons (Fsp3) is 0.206. The molecule has 0 spiro atoms. The van der Waals surface area contributed by atoms with Gasteiger partial charge in [0.15, 0.2) is 30.0 Å². The number of nitrogens with one attached hydrogen (secondary N) is 7. The van der Waals surface area contributed by atoms with Crippen molar-refractivity contribution in [2.24, 2.45) is 77.3 Å². The molecule has 3 aromatic rings. The van der Waals surface area contributed by atoms with Crippen molar-refractivity contribution in [3.05, 3.63) is 78.1 Å². The van der Waals surface area contributed by atoms with Crippen LogP contribution in [0, 0.1) is 0 Å². The van der Waals surface area contributed by atoms with Gasteiger partial charge in [-0.25, -0.2) is 20.0 Å². The number of guanidine groups is 4. The minimum absolute atomic E-state index is 0.0778. The Kier molecular flexibility index (Phi) is 17.7. The number of nitrogens with two attached hydrogens (primary N) is 10. The molecule has 0 aliphatic rings. The number of pyridine rings is 1. The van der Waals surface area contributed by atoms with Gasteiger partial charge in [0.1, 0.15) is 11.7 Å². The molecule has 0 bridgehead atoms. The summed E-state index contributed by atoms with van der Waals surface area (Å²) in [7, 11) is 0. The summed E-state index contributed by atoms with van der Waals surface area (Å²) in [6.45, 7) is 0. The van der Waals surface area contributed by atoms with E-state index in [1.807, 2.05) is 21.3 Å². The second-order valence-electron chi connectivity index (χ2n) is 12.9. The highest BCUT2D eigenvalue weighted by molar-refractivity contribution is 6.01. The summed E-state index contributed by atoms with van der Waals surface area (Å²) >= 11 is 0. The minimum atomic E-state index is -2.25. The number of carbonyl (C=O) groups excluding carboxylic acids is 8. The molecule has 1 aromatic heterocycles. The highest BCUT2D eigenvalue weighted by Crippen LogP contribution is 2.15. The van der Waals surface area contributed by atoms with Gasteiger partial charge in [-0.3, -0.25) is 43.3 Å². The van der Waals surface area contributed by atoms with Gasteiger partial charge < -0.3 is 99.7 Å². The zero-order chi connectivity index (χ0) is 48.5. The Balaban J connectivity index is 1.85. The third-order valence-electron chi connectivity index (χ3n) is 7.89. The van der Waals surface area contributed by atoms with Crippen LogP contribution in [0.15, 0.2) is 86.8 Å². The van der Waals surface area contributed by atoms with Crippen LogP contribution in [0.1, 0.15) is 22.1 Å². The fourth-order valence-corrected chi connectivity index (χ4v) is 5.02. The predicted molar refractivity (Wildman–Crippen MR) is 229 cm³/mol. The molecule has 0 radical (unpaired) electrons. The van der Waals surface area contributed by atoms with E-state index in [4.69, 9.17) is 57.3 Å². The highest BCUT2D eigenvalue weighted by Gasteiger charge is 2.34. The van der Waals surface area contributed by atoms with E-state index in [9.17, 15) is 43.5 Å². The van der Waals surface area contributed by atoms with E-state index < -0.39 is 114 Å². The molecule has 31 heteroatoms. The molecule has 0 fully saturated rings. The van der Waals surface area contributed by atoms with Crippen LogP contribution in [0.3, 0.4) is 0 Å². The van der Waals surface area contributed by atoms with E-state index in [0.29, 0.717) is 10.8 Å². The Hall–Kier alpha value is -9.39. The number of hydrogen-bond acceptors (Lipinski definition) is 15. The van der Waals surface area contributed by atoms with Crippen LogP contribution in [0.5, 0.6) is 0 Å². The standard InChI is InChI=1S/C34H46N22O9/c35-17(18(36)57)47-25(60)19(52-31(37)38)49-27(62)21(54-33(41)42)51-28(63)22(55-34(43)44)50-26(61)20(53-32(39)40)48-24(59)16(12-6-2-1-3-7-12)46-29(64)30(65)56-23(58)15-10-13-8-4-5-9-14(13)11-45-15/h1-11,16-17,19-22,30,65H,35H2,(H2,36,57)(H,46,64)(H,47,60)(H,48,59)(H,49,62)(H,50,61)(H,51,63)(H,56,58)(H4,37,38,52)(H4,39,40,53)(H4,41,42,54)(H4,43,44,55). The van der Waals surface area contributed by atoms with Gasteiger partial charge in [0.2, 0.25) is 36.8 Å². The summed E-state index contributed by atoms with van der Waals surface area (Å²) < 4.78 is 0. The molecule has 8 amide bonds. The predicted octanol–water partition coefficient (Wildman–Crippen LogP) is -10.1. The first kappa shape index (κ1) is 50.0. The van der Waals surface area contributed by atoms with Gasteiger partial charge in [0, 0.05) is 11.6 Å². The number of amides is 8. The second-order valence-corrected chi connectivity index (χ2v) is 12.9. The molecular weight excluding hydrogens is 861 g/mol. The van der Waals surface area contributed by atoms with Gasteiger partial charge >= 0.3 is 0 Å².